The Bertz CT molecular complexity index is 475. The maximum atomic E-state index is 13.6. The molecule has 1 saturated heterocycles. The van der Waals surface area contributed by atoms with Gasteiger partial charge in [0.15, 0.2) is 5.79 Å². The molecule has 3 rings (SSSR count). The maximum Gasteiger partial charge on any atom is 0.163 e. The zero-order chi connectivity index (χ0) is 13.5. The van der Waals surface area contributed by atoms with Crippen molar-refractivity contribution >= 4 is 0 Å². The van der Waals surface area contributed by atoms with Crippen molar-refractivity contribution in [1.29, 1.82) is 0 Å². The van der Waals surface area contributed by atoms with Gasteiger partial charge in [0.1, 0.15) is 5.82 Å². The van der Waals surface area contributed by atoms with Gasteiger partial charge < -0.3 is 14.8 Å². The van der Waals surface area contributed by atoms with Gasteiger partial charge in [-0.25, -0.2) is 4.39 Å². The highest BCUT2D eigenvalue weighted by Crippen LogP contribution is 2.33. The van der Waals surface area contributed by atoms with Crippen molar-refractivity contribution in [1.82, 2.24) is 5.32 Å². The molecule has 0 bridgehead atoms. The van der Waals surface area contributed by atoms with E-state index >= 15 is 0 Å². The molecule has 1 heterocycles. The second-order valence-electron chi connectivity index (χ2n) is 5.76. The van der Waals surface area contributed by atoms with Crippen LogP contribution in [0.1, 0.15) is 37.4 Å². The van der Waals surface area contributed by atoms with Crippen LogP contribution >= 0.6 is 0 Å². The first kappa shape index (κ1) is 13.0. The summed E-state index contributed by atoms with van der Waals surface area (Å²) < 4.78 is 24.9. The minimum atomic E-state index is -0.480. The molecule has 1 aliphatic carbocycles. The Balaban J connectivity index is 1.60. The van der Waals surface area contributed by atoms with E-state index in [4.69, 9.17) is 9.47 Å². The van der Waals surface area contributed by atoms with E-state index in [0.29, 0.717) is 6.61 Å². The number of ether oxygens (including phenoxy) is 2. The average Bonchev–Trinajstić information content (AvgIpc) is 2.91. The molecule has 4 heteroatoms. The second kappa shape index (κ2) is 4.85. The summed E-state index contributed by atoms with van der Waals surface area (Å²) in [5, 5.41) is 3.47. The van der Waals surface area contributed by atoms with E-state index < -0.39 is 5.79 Å². The van der Waals surface area contributed by atoms with Crippen LogP contribution in [0.3, 0.4) is 0 Å². The van der Waals surface area contributed by atoms with Gasteiger partial charge in [0.05, 0.1) is 12.7 Å². The lowest BCUT2D eigenvalue weighted by molar-refractivity contribution is -0.137. The molecule has 19 heavy (non-hydrogen) atoms. The molecule has 2 aliphatic rings. The lowest BCUT2D eigenvalue weighted by atomic mass is 10.1. The summed E-state index contributed by atoms with van der Waals surface area (Å²) in [4.78, 5) is 0. The molecule has 1 aromatic carbocycles. The Morgan fingerprint density at radius 3 is 3.00 bits per heavy atom. The van der Waals surface area contributed by atoms with E-state index in [1.165, 1.54) is 6.07 Å². The molecule has 0 aromatic heterocycles. The fraction of sp³-hybridized carbons (Fsp3) is 0.600. The third kappa shape index (κ3) is 2.66. The summed E-state index contributed by atoms with van der Waals surface area (Å²) in [5.41, 5.74) is 1.96. The Labute approximate surface area is 113 Å². The SMILES string of the molecule is CC1(C)OCC(CNC2CCc3c(F)cccc32)O1. The molecule has 1 aromatic rings. The van der Waals surface area contributed by atoms with Crippen LogP contribution in [0, 0.1) is 5.82 Å². The van der Waals surface area contributed by atoms with Gasteiger partial charge in [0, 0.05) is 12.6 Å². The molecule has 1 fully saturated rings. The molecule has 0 amide bonds. The number of hydrogen-bond donors (Lipinski definition) is 1. The monoisotopic (exact) mass is 265 g/mol. The lowest BCUT2D eigenvalue weighted by Crippen LogP contribution is -2.32. The molecule has 104 valence electrons. The maximum absolute atomic E-state index is 13.6. The Morgan fingerprint density at radius 1 is 1.42 bits per heavy atom. The normalized spacial score (nSPS) is 28.6. The van der Waals surface area contributed by atoms with Crippen molar-refractivity contribution < 1.29 is 13.9 Å². The van der Waals surface area contributed by atoms with Crippen molar-refractivity contribution in [3.05, 3.63) is 35.1 Å². The highest BCUT2D eigenvalue weighted by atomic mass is 19.1. The second-order valence-corrected chi connectivity index (χ2v) is 5.76. The van der Waals surface area contributed by atoms with Gasteiger partial charge in [-0.1, -0.05) is 12.1 Å². The summed E-state index contributed by atoms with van der Waals surface area (Å²) in [5.74, 6) is -0.560. The summed E-state index contributed by atoms with van der Waals surface area (Å²) in [6.07, 6.45) is 1.84. The number of halogens is 1. The van der Waals surface area contributed by atoms with Crippen LogP contribution in [0.2, 0.25) is 0 Å². The molecule has 0 radical (unpaired) electrons. The summed E-state index contributed by atoms with van der Waals surface area (Å²) >= 11 is 0. The highest BCUT2D eigenvalue weighted by Gasteiger charge is 2.33. The smallest absolute Gasteiger partial charge is 0.163 e. The molecule has 3 nitrogen and oxygen atoms in total. The van der Waals surface area contributed by atoms with E-state index in [9.17, 15) is 4.39 Å². The fourth-order valence-corrected chi connectivity index (χ4v) is 2.96. The van der Waals surface area contributed by atoms with Crippen molar-refractivity contribution in [2.75, 3.05) is 13.2 Å². The van der Waals surface area contributed by atoms with E-state index in [1.807, 2.05) is 19.9 Å². The van der Waals surface area contributed by atoms with Crippen LogP contribution < -0.4 is 5.32 Å². The molecule has 1 N–H and O–H groups in total. The molecular formula is C15H20FNO2. The third-order valence-electron chi connectivity index (χ3n) is 3.87. The van der Waals surface area contributed by atoms with Crippen LogP contribution in [0.5, 0.6) is 0 Å². The van der Waals surface area contributed by atoms with Crippen LogP contribution in [0.4, 0.5) is 4.39 Å². The molecule has 2 unspecified atom stereocenters. The Morgan fingerprint density at radius 2 is 2.26 bits per heavy atom. The number of hydrogen-bond acceptors (Lipinski definition) is 3. The lowest BCUT2D eigenvalue weighted by Gasteiger charge is -2.19. The first-order valence-electron chi connectivity index (χ1n) is 6.87. The zero-order valence-electron chi connectivity index (χ0n) is 11.4. The average molecular weight is 265 g/mol. The van der Waals surface area contributed by atoms with Crippen LogP contribution in [0.25, 0.3) is 0 Å². The largest absolute Gasteiger partial charge is 0.348 e. The minimum Gasteiger partial charge on any atom is -0.348 e. The predicted molar refractivity (Wildman–Crippen MR) is 70.4 cm³/mol. The predicted octanol–water partition coefficient (Wildman–Crippen LogP) is 2.55. The van der Waals surface area contributed by atoms with E-state index in [2.05, 4.69) is 5.32 Å². The van der Waals surface area contributed by atoms with Gasteiger partial charge in [-0.2, -0.15) is 0 Å². The quantitative estimate of drug-likeness (QED) is 0.911. The van der Waals surface area contributed by atoms with Crippen LogP contribution in [-0.2, 0) is 15.9 Å². The third-order valence-corrected chi connectivity index (χ3v) is 3.87. The summed E-state index contributed by atoms with van der Waals surface area (Å²) in [6, 6.07) is 5.57. The van der Waals surface area contributed by atoms with E-state index in [-0.39, 0.29) is 18.0 Å². The highest BCUT2D eigenvalue weighted by molar-refractivity contribution is 5.35. The minimum absolute atomic E-state index is 0.0765. The van der Waals surface area contributed by atoms with Gasteiger partial charge >= 0.3 is 0 Å². The number of rotatable bonds is 3. The molecule has 2 atom stereocenters. The van der Waals surface area contributed by atoms with Gasteiger partial charge in [-0.3, -0.25) is 0 Å². The van der Waals surface area contributed by atoms with Crippen molar-refractivity contribution in [2.45, 2.75) is 44.6 Å². The number of nitrogens with one attached hydrogen (secondary N) is 1. The molecule has 0 saturated carbocycles. The Kier molecular flexibility index (Phi) is 3.33. The standard InChI is InChI=1S/C15H20FNO2/c1-15(2)18-9-10(19-15)8-17-14-7-6-11-12(14)4-3-5-13(11)16/h3-5,10,14,17H,6-9H2,1-2H3. The molecular weight excluding hydrogens is 245 g/mol. The fourth-order valence-electron chi connectivity index (χ4n) is 2.96. The number of benzene rings is 1. The van der Waals surface area contributed by atoms with E-state index in [1.54, 1.807) is 6.07 Å². The Hall–Kier alpha value is -0.970. The summed E-state index contributed by atoms with van der Waals surface area (Å²) in [6.45, 7) is 5.20. The van der Waals surface area contributed by atoms with E-state index in [0.717, 1.165) is 30.5 Å². The van der Waals surface area contributed by atoms with Crippen molar-refractivity contribution in [3.63, 3.8) is 0 Å². The van der Waals surface area contributed by atoms with Crippen molar-refractivity contribution in [2.24, 2.45) is 0 Å². The first-order chi connectivity index (χ1) is 9.05. The van der Waals surface area contributed by atoms with Gasteiger partial charge in [-0.05, 0) is 43.9 Å². The summed E-state index contributed by atoms with van der Waals surface area (Å²) in [7, 11) is 0. The topological polar surface area (TPSA) is 30.5 Å². The van der Waals surface area contributed by atoms with Crippen LogP contribution in [0.15, 0.2) is 18.2 Å². The van der Waals surface area contributed by atoms with Crippen molar-refractivity contribution in [3.8, 4) is 0 Å². The van der Waals surface area contributed by atoms with Crippen LogP contribution in [-0.4, -0.2) is 25.0 Å². The van der Waals surface area contributed by atoms with Gasteiger partial charge in [-0.15, -0.1) is 0 Å². The number of fused-ring (bicyclic) bond motifs is 1. The van der Waals surface area contributed by atoms with Gasteiger partial charge in [0.2, 0.25) is 0 Å². The zero-order valence-corrected chi connectivity index (χ0v) is 11.4. The van der Waals surface area contributed by atoms with Gasteiger partial charge in [0.25, 0.3) is 0 Å². The molecule has 0 spiro atoms. The first-order valence-corrected chi connectivity index (χ1v) is 6.87. The molecule has 1 aliphatic heterocycles.